The minimum Gasteiger partial charge on any atom is -0.497 e. The van der Waals surface area contributed by atoms with Gasteiger partial charge in [0.2, 0.25) is 0 Å². The molecule has 1 saturated heterocycles. The molecule has 1 unspecified atom stereocenters. The van der Waals surface area contributed by atoms with E-state index in [1.54, 1.807) is 14.2 Å². The van der Waals surface area contributed by atoms with Crippen LogP contribution in [0.4, 0.5) is 0 Å². The molecule has 106 valence electrons. The van der Waals surface area contributed by atoms with Crippen molar-refractivity contribution in [3.8, 4) is 11.5 Å². The topological polar surface area (TPSA) is 30.5 Å². The van der Waals surface area contributed by atoms with Crippen molar-refractivity contribution in [3.63, 3.8) is 0 Å². The highest BCUT2D eigenvalue weighted by Gasteiger charge is 2.11. The SMILES string of the molecule is COc1cc(CCC2CCCCCN2)cc(OC)c1. The van der Waals surface area contributed by atoms with Crippen molar-refractivity contribution >= 4 is 0 Å². The first-order valence-corrected chi connectivity index (χ1v) is 7.27. The molecule has 1 aliphatic heterocycles. The summed E-state index contributed by atoms with van der Waals surface area (Å²) in [4.78, 5) is 0. The van der Waals surface area contributed by atoms with Crippen LogP contribution < -0.4 is 14.8 Å². The monoisotopic (exact) mass is 263 g/mol. The van der Waals surface area contributed by atoms with Crippen molar-refractivity contribution in [2.45, 2.75) is 44.6 Å². The molecule has 0 aliphatic carbocycles. The lowest BCUT2D eigenvalue weighted by Crippen LogP contribution is -2.28. The Balaban J connectivity index is 1.94. The Kier molecular flexibility index (Phi) is 5.52. The van der Waals surface area contributed by atoms with Gasteiger partial charge in [-0.2, -0.15) is 0 Å². The van der Waals surface area contributed by atoms with Gasteiger partial charge in [-0.1, -0.05) is 12.8 Å². The van der Waals surface area contributed by atoms with Gasteiger partial charge in [-0.15, -0.1) is 0 Å². The average Bonchev–Trinajstić information content (AvgIpc) is 2.73. The van der Waals surface area contributed by atoms with Crippen molar-refractivity contribution in [1.82, 2.24) is 5.32 Å². The van der Waals surface area contributed by atoms with Gasteiger partial charge in [0.1, 0.15) is 11.5 Å². The molecule has 0 amide bonds. The highest BCUT2D eigenvalue weighted by molar-refractivity contribution is 5.38. The fourth-order valence-corrected chi connectivity index (χ4v) is 2.70. The number of ether oxygens (including phenoxy) is 2. The second-order valence-corrected chi connectivity index (χ2v) is 5.26. The van der Waals surface area contributed by atoms with Crippen LogP contribution >= 0.6 is 0 Å². The van der Waals surface area contributed by atoms with E-state index in [1.807, 2.05) is 6.07 Å². The van der Waals surface area contributed by atoms with E-state index in [0.29, 0.717) is 6.04 Å². The number of methoxy groups -OCH3 is 2. The van der Waals surface area contributed by atoms with Crippen LogP contribution in [0.3, 0.4) is 0 Å². The molecule has 1 aromatic rings. The minimum absolute atomic E-state index is 0.666. The second kappa shape index (κ2) is 7.39. The molecule has 19 heavy (non-hydrogen) atoms. The lowest BCUT2D eigenvalue weighted by atomic mass is 10.0. The molecule has 0 aromatic heterocycles. The molecule has 1 atom stereocenters. The normalized spacial score (nSPS) is 19.8. The fourth-order valence-electron chi connectivity index (χ4n) is 2.70. The number of hydrogen-bond donors (Lipinski definition) is 1. The van der Waals surface area contributed by atoms with Gasteiger partial charge in [-0.05, 0) is 49.9 Å². The molecule has 0 radical (unpaired) electrons. The van der Waals surface area contributed by atoms with E-state index < -0.39 is 0 Å². The maximum atomic E-state index is 5.31. The van der Waals surface area contributed by atoms with Crippen LogP contribution in [0.25, 0.3) is 0 Å². The van der Waals surface area contributed by atoms with Gasteiger partial charge in [0, 0.05) is 12.1 Å². The summed E-state index contributed by atoms with van der Waals surface area (Å²) >= 11 is 0. The fraction of sp³-hybridized carbons (Fsp3) is 0.625. The zero-order valence-corrected chi connectivity index (χ0v) is 12.1. The van der Waals surface area contributed by atoms with Gasteiger partial charge in [0.05, 0.1) is 14.2 Å². The van der Waals surface area contributed by atoms with Gasteiger partial charge in [0.15, 0.2) is 0 Å². The van der Waals surface area contributed by atoms with E-state index in [2.05, 4.69) is 17.4 Å². The van der Waals surface area contributed by atoms with Crippen molar-refractivity contribution in [1.29, 1.82) is 0 Å². The molecular formula is C16H25NO2. The number of rotatable bonds is 5. The first-order valence-electron chi connectivity index (χ1n) is 7.27. The van der Waals surface area contributed by atoms with Gasteiger partial charge in [-0.3, -0.25) is 0 Å². The molecule has 2 rings (SSSR count). The first-order chi connectivity index (χ1) is 9.31. The molecule has 0 saturated carbocycles. The lowest BCUT2D eigenvalue weighted by molar-refractivity contribution is 0.392. The molecule has 0 spiro atoms. The Hall–Kier alpha value is -1.22. The van der Waals surface area contributed by atoms with Gasteiger partial charge in [-0.25, -0.2) is 0 Å². The summed E-state index contributed by atoms with van der Waals surface area (Å²) in [5.41, 5.74) is 1.29. The summed E-state index contributed by atoms with van der Waals surface area (Å²) in [5.74, 6) is 1.76. The molecule has 1 aliphatic rings. The minimum atomic E-state index is 0.666. The number of aryl methyl sites for hydroxylation is 1. The van der Waals surface area contributed by atoms with Gasteiger partial charge < -0.3 is 14.8 Å². The summed E-state index contributed by atoms with van der Waals surface area (Å²) < 4.78 is 10.6. The lowest BCUT2D eigenvalue weighted by Gasteiger charge is -2.16. The summed E-state index contributed by atoms with van der Waals surface area (Å²) in [5, 5.41) is 3.65. The summed E-state index contributed by atoms with van der Waals surface area (Å²) in [6.45, 7) is 1.17. The average molecular weight is 263 g/mol. The van der Waals surface area contributed by atoms with Gasteiger partial charge in [0.25, 0.3) is 0 Å². The third kappa shape index (κ3) is 4.43. The van der Waals surface area contributed by atoms with Crippen molar-refractivity contribution in [3.05, 3.63) is 23.8 Å². The summed E-state index contributed by atoms with van der Waals surface area (Å²) in [6.07, 6.45) is 7.63. The molecule has 1 N–H and O–H groups in total. The standard InChI is InChI=1S/C16H25NO2/c1-18-15-10-13(11-16(12-15)19-2)7-8-14-6-4-3-5-9-17-14/h10-12,14,17H,3-9H2,1-2H3. The van der Waals surface area contributed by atoms with Crippen LogP contribution in [0.5, 0.6) is 11.5 Å². The zero-order chi connectivity index (χ0) is 13.5. The maximum absolute atomic E-state index is 5.31. The highest BCUT2D eigenvalue weighted by Crippen LogP contribution is 2.24. The Bertz CT molecular complexity index is 362. The zero-order valence-electron chi connectivity index (χ0n) is 12.1. The predicted octanol–water partition coefficient (Wildman–Crippen LogP) is 3.17. The van der Waals surface area contributed by atoms with Crippen LogP contribution in [0.1, 0.15) is 37.7 Å². The van der Waals surface area contributed by atoms with E-state index >= 15 is 0 Å². The van der Waals surface area contributed by atoms with Crippen LogP contribution in [0, 0.1) is 0 Å². The highest BCUT2D eigenvalue weighted by atomic mass is 16.5. The molecular weight excluding hydrogens is 238 g/mol. The number of benzene rings is 1. The molecule has 3 heteroatoms. The predicted molar refractivity (Wildman–Crippen MR) is 78.1 cm³/mol. The van der Waals surface area contributed by atoms with Crippen LogP contribution in [0.15, 0.2) is 18.2 Å². The Morgan fingerprint density at radius 1 is 1.05 bits per heavy atom. The molecule has 3 nitrogen and oxygen atoms in total. The second-order valence-electron chi connectivity index (χ2n) is 5.26. The van der Waals surface area contributed by atoms with E-state index in [4.69, 9.17) is 9.47 Å². The quantitative estimate of drug-likeness (QED) is 0.885. The largest absolute Gasteiger partial charge is 0.497 e. The number of hydrogen-bond acceptors (Lipinski definition) is 3. The van der Waals surface area contributed by atoms with E-state index in [9.17, 15) is 0 Å². The van der Waals surface area contributed by atoms with Crippen molar-refractivity contribution in [2.24, 2.45) is 0 Å². The Morgan fingerprint density at radius 2 is 1.79 bits per heavy atom. The van der Waals surface area contributed by atoms with E-state index in [1.165, 1.54) is 44.2 Å². The van der Waals surface area contributed by atoms with Crippen LogP contribution in [-0.2, 0) is 6.42 Å². The van der Waals surface area contributed by atoms with Crippen LogP contribution in [-0.4, -0.2) is 26.8 Å². The summed E-state index contributed by atoms with van der Waals surface area (Å²) in [6, 6.07) is 6.81. The Morgan fingerprint density at radius 3 is 2.47 bits per heavy atom. The van der Waals surface area contributed by atoms with Gasteiger partial charge >= 0.3 is 0 Å². The summed E-state index contributed by atoms with van der Waals surface area (Å²) in [7, 11) is 3.40. The molecule has 0 bridgehead atoms. The first kappa shape index (κ1) is 14.2. The van der Waals surface area contributed by atoms with Crippen molar-refractivity contribution < 1.29 is 9.47 Å². The van der Waals surface area contributed by atoms with Crippen LogP contribution in [0.2, 0.25) is 0 Å². The third-order valence-corrected chi connectivity index (χ3v) is 3.86. The van der Waals surface area contributed by atoms with Crippen molar-refractivity contribution in [2.75, 3.05) is 20.8 Å². The smallest absolute Gasteiger partial charge is 0.122 e. The Labute approximate surface area is 116 Å². The molecule has 1 heterocycles. The maximum Gasteiger partial charge on any atom is 0.122 e. The van der Waals surface area contributed by atoms with E-state index in [0.717, 1.165) is 17.9 Å². The molecule has 1 aromatic carbocycles. The van der Waals surface area contributed by atoms with E-state index in [-0.39, 0.29) is 0 Å². The third-order valence-electron chi connectivity index (χ3n) is 3.86. The number of nitrogens with one attached hydrogen (secondary N) is 1. The molecule has 1 fully saturated rings.